The lowest BCUT2D eigenvalue weighted by Gasteiger charge is -2.16. The molecule has 0 heterocycles. The van der Waals surface area contributed by atoms with Gasteiger partial charge in [0.1, 0.15) is 6.10 Å². The molecule has 1 unspecified atom stereocenters. The van der Waals surface area contributed by atoms with Crippen LogP contribution in [0.3, 0.4) is 0 Å². The lowest BCUT2D eigenvalue weighted by molar-refractivity contribution is -0.149. The number of carboxylic acids is 1. The van der Waals surface area contributed by atoms with E-state index in [1.54, 1.807) is 0 Å². The van der Waals surface area contributed by atoms with Gasteiger partial charge in [-0.1, -0.05) is 187 Å². The molecule has 0 rings (SSSR count). The monoisotopic (exact) mass is 609 g/mol. The molecule has 256 valence electrons. The Hall–Kier alpha value is -1.06. The van der Waals surface area contributed by atoms with Crippen molar-refractivity contribution in [2.75, 3.05) is 0 Å². The Kier molecular flexibility index (Phi) is 34.5. The minimum absolute atomic E-state index is 0.0266. The third-order valence-corrected chi connectivity index (χ3v) is 9.15. The molecule has 0 aromatic carbocycles. The van der Waals surface area contributed by atoms with Crippen LogP contribution in [0.25, 0.3) is 0 Å². The summed E-state index contributed by atoms with van der Waals surface area (Å²) in [6, 6.07) is 0. The van der Waals surface area contributed by atoms with Gasteiger partial charge in [-0.15, -0.1) is 0 Å². The first-order valence-corrected chi connectivity index (χ1v) is 19.5. The van der Waals surface area contributed by atoms with Gasteiger partial charge >= 0.3 is 11.9 Å². The van der Waals surface area contributed by atoms with Crippen LogP contribution in [0.2, 0.25) is 0 Å². The van der Waals surface area contributed by atoms with Crippen molar-refractivity contribution in [3.8, 4) is 0 Å². The zero-order valence-corrected chi connectivity index (χ0v) is 29.3. The Morgan fingerprint density at radius 3 is 1.07 bits per heavy atom. The number of carbonyl (C=O) groups is 2. The van der Waals surface area contributed by atoms with Crippen molar-refractivity contribution in [3.05, 3.63) is 0 Å². The molecular weight excluding hydrogens is 532 g/mol. The first-order chi connectivity index (χ1) is 21.1. The maximum Gasteiger partial charge on any atom is 0.306 e. The van der Waals surface area contributed by atoms with E-state index in [0.29, 0.717) is 12.8 Å². The fourth-order valence-corrected chi connectivity index (χ4v) is 6.18. The van der Waals surface area contributed by atoms with Crippen LogP contribution in [0.1, 0.15) is 232 Å². The van der Waals surface area contributed by atoms with Crippen molar-refractivity contribution < 1.29 is 19.4 Å². The molecule has 43 heavy (non-hydrogen) atoms. The highest BCUT2D eigenvalue weighted by Gasteiger charge is 2.12. The SMILES string of the molecule is CCCCCCCCCCCCCCCCC(=O)OC(CC)CCCCCCCCCCCCCCCCCCC(=O)O. The van der Waals surface area contributed by atoms with Gasteiger partial charge in [-0.3, -0.25) is 9.59 Å². The van der Waals surface area contributed by atoms with Crippen LogP contribution in [0.15, 0.2) is 0 Å². The van der Waals surface area contributed by atoms with E-state index < -0.39 is 5.97 Å². The van der Waals surface area contributed by atoms with Crippen LogP contribution in [-0.4, -0.2) is 23.1 Å². The van der Waals surface area contributed by atoms with Gasteiger partial charge in [0, 0.05) is 12.8 Å². The second-order valence-corrected chi connectivity index (χ2v) is 13.5. The molecule has 0 saturated carbocycles. The van der Waals surface area contributed by atoms with E-state index in [0.717, 1.165) is 32.1 Å². The minimum atomic E-state index is -0.662. The molecule has 0 spiro atoms. The summed E-state index contributed by atoms with van der Waals surface area (Å²) < 4.78 is 5.79. The third-order valence-electron chi connectivity index (χ3n) is 9.15. The van der Waals surface area contributed by atoms with Crippen molar-refractivity contribution in [1.29, 1.82) is 0 Å². The highest BCUT2D eigenvalue weighted by molar-refractivity contribution is 5.69. The number of unbranched alkanes of at least 4 members (excludes halogenated alkanes) is 28. The summed E-state index contributed by atoms with van der Waals surface area (Å²) in [4.78, 5) is 22.8. The fourth-order valence-electron chi connectivity index (χ4n) is 6.18. The first kappa shape index (κ1) is 41.9. The van der Waals surface area contributed by atoms with Crippen LogP contribution < -0.4 is 0 Å². The largest absolute Gasteiger partial charge is 0.481 e. The molecule has 0 aromatic heterocycles. The predicted octanol–water partition coefficient (Wildman–Crippen LogP) is 13.3. The molecule has 0 amide bonds. The lowest BCUT2D eigenvalue weighted by atomic mass is 10.0. The molecule has 4 heteroatoms. The summed E-state index contributed by atoms with van der Waals surface area (Å²) in [5.74, 6) is -0.635. The Labute approximate surface area is 269 Å². The van der Waals surface area contributed by atoms with E-state index in [-0.39, 0.29) is 12.1 Å². The van der Waals surface area contributed by atoms with E-state index in [2.05, 4.69) is 13.8 Å². The number of rotatable bonds is 36. The molecule has 0 aliphatic rings. The van der Waals surface area contributed by atoms with E-state index in [1.807, 2.05) is 0 Å². The summed E-state index contributed by atoms with van der Waals surface area (Å²) in [5.41, 5.74) is 0. The van der Waals surface area contributed by atoms with Gasteiger partial charge in [-0.05, 0) is 32.1 Å². The van der Waals surface area contributed by atoms with Crippen molar-refractivity contribution in [3.63, 3.8) is 0 Å². The van der Waals surface area contributed by atoms with Crippen LogP contribution in [0, 0.1) is 0 Å². The standard InChI is InChI=1S/C39H76O4/c1-3-5-6-7-8-9-10-11-18-21-24-27-30-33-36-39(42)43-37(4-2)34-31-28-25-22-19-16-14-12-13-15-17-20-23-26-29-32-35-38(40)41/h37H,3-36H2,1-2H3,(H,40,41). The molecule has 0 aliphatic heterocycles. The number of carboxylic acid groups (broad SMARTS) is 1. The molecule has 0 fully saturated rings. The number of hydrogen-bond donors (Lipinski definition) is 1. The predicted molar refractivity (Wildman–Crippen MR) is 186 cm³/mol. The quantitative estimate of drug-likeness (QED) is 0.0567. The summed E-state index contributed by atoms with van der Waals surface area (Å²) in [5, 5.41) is 8.65. The average molecular weight is 609 g/mol. The number of carbonyl (C=O) groups excluding carboxylic acids is 1. The van der Waals surface area contributed by atoms with Crippen LogP contribution in [0.4, 0.5) is 0 Å². The van der Waals surface area contributed by atoms with E-state index in [9.17, 15) is 9.59 Å². The van der Waals surface area contributed by atoms with E-state index in [4.69, 9.17) is 9.84 Å². The van der Waals surface area contributed by atoms with Gasteiger partial charge in [-0.2, -0.15) is 0 Å². The molecule has 1 N–H and O–H groups in total. The van der Waals surface area contributed by atoms with E-state index >= 15 is 0 Å². The van der Waals surface area contributed by atoms with Gasteiger partial charge in [0.05, 0.1) is 0 Å². The second-order valence-electron chi connectivity index (χ2n) is 13.5. The number of ether oxygens (including phenoxy) is 1. The zero-order chi connectivity index (χ0) is 31.5. The van der Waals surface area contributed by atoms with Crippen molar-refractivity contribution in [2.24, 2.45) is 0 Å². The third kappa shape index (κ3) is 35.3. The van der Waals surface area contributed by atoms with Crippen molar-refractivity contribution >= 4 is 11.9 Å². The molecule has 0 aliphatic carbocycles. The van der Waals surface area contributed by atoms with E-state index in [1.165, 1.54) is 173 Å². The molecule has 0 bridgehead atoms. The molecule has 0 radical (unpaired) electrons. The highest BCUT2D eigenvalue weighted by atomic mass is 16.5. The summed E-state index contributed by atoms with van der Waals surface area (Å²) in [6.07, 6.45) is 42.1. The molecule has 0 saturated heterocycles. The normalized spacial score (nSPS) is 12.0. The molecule has 4 nitrogen and oxygen atoms in total. The minimum Gasteiger partial charge on any atom is -0.481 e. The Morgan fingerprint density at radius 2 is 0.744 bits per heavy atom. The molecule has 0 aromatic rings. The second kappa shape index (κ2) is 35.4. The fraction of sp³-hybridized carbons (Fsp3) is 0.949. The number of esters is 1. The number of hydrogen-bond acceptors (Lipinski definition) is 3. The topological polar surface area (TPSA) is 63.6 Å². The smallest absolute Gasteiger partial charge is 0.306 e. The molecular formula is C39H76O4. The lowest BCUT2D eigenvalue weighted by Crippen LogP contribution is -2.17. The molecule has 1 atom stereocenters. The van der Waals surface area contributed by atoms with Crippen molar-refractivity contribution in [1.82, 2.24) is 0 Å². The van der Waals surface area contributed by atoms with Crippen LogP contribution >= 0.6 is 0 Å². The zero-order valence-electron chi connectivity index (χ0n) is 29.3. The van der Waals surface area contributed by atoms with Crippen LogP contribution in [-0.2, 0) is 14.3 Å². The Bertz CT molecular complexity index is 576. The van der Waals surface area contributed by atoms with Gasteiger partial charge < -0.3 is 9.84 Å². The van der Waals surface area contributed by atoms with Crippen molar-refractivity contribution in [2.45, 2.75) is 238 Å². The maximum absolute atomic E-state index is 12.3. The number of aliphatic carboxylic acids is 1. The van der Waals surface area contributed by atoms with Gasteiger partial charge in [0.25, 0.3) is 0 Å². The maximum atomic E-state index is 12.3. The average Bonchev–Trinajstić information content (AvgIpc) is 2.99. The summed E-state index contributed by atoms with van der Waals surface area (Å²) >= 11 is 0. The van der Waals surface area contributed by atoms with Gasteiger partial charge in [0.2, 0.25) is 0 Å². The Balaban J connectivity index is 3.38. The Morgan fingerprint density at radius 1 is 0.442 bits per heavy atom. The first-order valence-electron chi connectivity index (χ1n) is 19.5. The van der Waals surface area contributed by atoms with Gasteiger partial charge in [-0.25, -0.2) is 0 Å². The van der Waals surface area contributed by atoms with Crippen LogP contribution in [0.5, 0.6) is 0 Å². The van der Waals surface area contributed by atoms with Gasteiger partial charge in [0.15, 0.2) is 0 Å². The summed E-state index contributed by atoms with van der Waals surface area (Å²) in [7, 11) is 0. The highest BCUT2D eigenvalue weighted by Crippen LogP contribution is 2.17. The summed E-state index contributed by atoms with van der Waals surface area (Å²) in [6.45, 7) is 4.43.